The molecule has 0 aliphatic carbocycles. The molecule has 1 fully saturated rings. The minimum atomic E-state index is -1.08. The van der Waals surface area contributed by atoms with Crippen molar-refractivity contribution in [2.75, 3.05) is 26.4 Å². The van der Waals surface area contributed by atoms with Gasteiger partial charge >= 0.3 is 5.97 Å². The third-order valence-electron chi connectivity index (χ3n) is 2.89. The van der Waals surface area contributed by atoms with E-state index in [0.29, 0.717) is 17.4 Å². The van der Waals surface area contributed by atoms with Crippen molar-refractivity contribution < 1.29 is 24.2 Å². The minimum Gasteiger partial charge on any atom is -0.484 e. The van der Waals surface area contributed by atoms with Crippen LogP contribution in [0.25, 0.3) is 0 Å². The SMILES string of the molecule is O=C(O)C1COCCN1C(=O)COc1cccc(Cl)c1. The second-order valence-corrected chi connectivity index (χ2v) is 4.70. The minimum absolute atomic E-state index is 0.00175. The van der Waals surface area contributed by atoms with E-state index in [2.05, 4.69) is 0 Å². The topological polar surface area (TPSA) is 76.1 Å². The number of morpholine rings is 1. The molecule has 0 aromatic heterocycles. The average Bonchev–Trinajstić information content (AvgIpc) is 2.45. The smallest absolute Gasteiger partial charge is 0.328 e. The Labute approximate surface area is 120 Å². The second kappa shape index (κ2) is 6.58. The fourth-order valence-electron chi connectivity index (χ4n) is 1.89. The summed E-state index contributed by atoms with van der Waals surface area (Å²) in [5, 5.41) is 9.55. The van der Waals surface area contributed by atoms with Crippen LogP contribution in [0.15, 0.2) is 24.3 Å². The summed E-state index contributed by atoms with van der Waals surface area (Å²) in [6.45, 7) is 0.337. The molecule has 7 heteroatoms. The summed E-state index contributed by atoms with van der Waals surface area (Å²) in [7, 11) is 0. The molecule has 0 bridgehead atoms. The molecule has 1 aliphatic heterocycles. The standard InChI is InChI=1S/C13H14ClNO5/c14-9-2-1-3-10(6-9)20-8-12(16)15-4-5-19-7-11(15)13(17)18/h1-3,6,11H,4-5,7-8H2,(H,17,18). The number of halogens is 1. The number of aliphatic carboxylic acids is 1. The van der Waals surface area contributed by atoms with Crippen molar-refractivity contribution in [2.45, 2.75) is 6.04 Å². The zero-order valence-corrected chi connectivity index (χ0v) is 11.4. The molecule has 0 saturated carbocycles. The highest BCUT2D eigenvalue weighted by atomic mass is 35.5. The third kappa shape index (κ3) is 3.61. The quantitative estimate of drug-likeness (QED) is 0.898. The van der Waals surface area contributed by atoms with Gasteiger partial charge in [0.1, 0.15) is 5.75 Å². The van der Waals surface area contributed by atoms with E-state index < -0.39 is 12.0 Å². The Bertz CT molecular complexity index is 507. The molecular weight excluding hydrogens is 286 g/mol. The molecule has 1 amide bonds. The van der Waals surface area contributed by atoms with Crippen molar-refractivity contribution in [1.29, 1.82) is 0 Å². The normalized spacial score (nSPS) is 18.6. The molecule has 1 aromatic carbocycles. The number of nitrogens with zero attached hydrogens (tertiary/aromatic N) is 1. The molecule has 1 saturated heterocycles. The lowest BCUT2D eigenvalue weighted by Gasteiger charge is -2.32. The zero-order chi connectivity index (χ0) is 14.5. The number of hydrogen-bond donors (Lipinski definition) is 1. The van der Waals surface area contributed by atoms with Gasteiger partial charge in [-0.1, -0.05) is 17.7 Å². The molecule has 1 aliphatic rings. The first-order chi connectivity index (χ1) is 9.58. The van der Waals surface area contributed by atoms with Gasteiger partial charge in [0.05, 0.1) is 13.2 Å². The van der Waals surface area contributed by atoms with Gasteiger partial charge in [-0.15, -0.1) is 0 Å². The Balaban J connectivity index is 1.95. The van der Waals surface area contributed by atoms with Gasteiger partial charge in [0.2, 0.25) is 0 Å². The van der Waals surface area contributed by atoms with Crippen molar-refractivity contribution >= 4 is 23.5 Å². The molecule has 0 radical (unpaired) electrons. The summed E-state index contributed by atoms with van der Waals surface area (Å²) < 4.78 is 10.4. The van der Waals surface area contributed by atoms with Crippen LogP contribution in [0.1, 0.15) is 0 Å². The highest BCUT2D eigenvalue weighted by Crippen LogP contribution is 2.17. The van der Waals surface area contributed by atoms with E-state index in [-0.39, 0.29) is 25.7 Å². The average molecular weight is 300 g/mol. The van der Waals surface area contributed by atoms with Gasteiger partial charge in [0, 0.05) is 11.6 Å². The summed E-state index contributed by atoms with van der Waals surface area (Å²) in [6.07, 6.45) is 0. The molecule has 1 N–H and O–H groups in total. The summed E-state index contributed by atoms with van der Waals surface area (Å²) >= 11 is 5.80. The van der Waals surface area contributed by atoms with E-state index in [1.165, 1.54) is 4.90 Å². The molecule has 1 aromatic rings. The number of ether oxygens (including phenoxy) is 2. The summed E-state index contributed by atoms with van der Waals surface area (Å²) in [5.74, 6) is -1.01. The van der Waals surface area contributed by atoms with Gasteiger partial charge in [0.15, 0.2) is 12.6 Å². The van der Waals surface area contributed by atoms with Crippen LogP contribution in [-0.2, 0) is 14.3 Å². The number of carbonyl (C=O) groups excluding carboxylic acids is 1. The lowest BCUT2D eigenvalue weighted by atomic mass is 10.2. The van der Waals surface area contributed by atoms with E-state index >= 15 is 0 Å². The molecule has 6 nitrogen and oxygen atoms in total. The Hall–Kier alpha value is -1.79. The van der Waals surface area contributed by atoms with Crippen LogP contribution in [0.5, 0.6) is 5.75 Å². The Morgan fingerprint density at radius 1 is 1.50 bits per heavy atom. The van der Waals surface area contributed by atoms with Crippen molar-refractivity contribution in [3.8, 4) is 5.75 Å². The fourth-order valence-corrected chi connectivity index (χ4v) is 2.07. The van der Waals surface area contributed by atoms with Crippen molar-refractivity contribution in [3.63, 3.8) is 0 Å². The van der Waals surface area contributed by atoms with Crippen molar-refractivity contribution in [3.05, 3.63) is 29.3 Å². The first-order valence-electron chi connectivity index (χ1n) is 6.06. The van der Waals surface area contributed by atoms with Crippen LogP contribution >= 0.6 is 11.6 Å². The molecular formula is C13H14ClNO5. The molecule has 2 rings (SSSR count). The Morgan fingerprint density at radius 3 is 3.00 bits per heavy atom. The highest BCUT2D eigenvalue weighted by molar-refractivity contribution is 6.30. The number of benzene rings is 1. The first kappa shape index (κ1) is 14.6. The summed E-state index contributed by atoms with van der Waals surface area (Å²) in [4.78, 5) is 24.3. The summed E-state index contributed by atoms with van der Waals surface area (Å²) in [6, 6.07) is 5.70. The Kier molecular flexibility index (Phi) is 4.81. The predicted octanol–water partition coefficient (Wildman–Crippen LogP) is 1.03. The van der Waals surface area contributed by atoms with Gasteiger partial charge < -0.3 is 19.5 Å². The summed E-state index contributed by atoms with van der Waals surface area (Å²) in [5.41, 5.74) is 0. The van der Waals surface area contributed by atoms with E-state index in [4.69, 9.17) is 26.2 Å². The maximum absolute atomic E-state index is 12.0. The number of amides is 1. The zero-order valence-electron chi connectivity index (χ0n) is 10.6. The predicted molar refractivity (Wildman–Crippen MR) is 70.9 cm³/mol. The van der Waals surface area contributed by atoms with E-state index in [1.54, 1.807) is 24.3 Å². The van der Waals surface area contributed by atoms with Crippen LogP contribution in [0.2, 0.25) is 5.02 Å². The second-order valence-electron chi connectivity index (χ2n) is 4.26. The molecule has 20 heavy (non-hydrogen) atoms. The van der Waals surface area contributed by atoms with Crippen molar-refractivity contribution in [2.24, 2.45) is 0 Å². The number of rotatable bonds is 4. The van der Waals surface area contributed by atoms with Gasteiger partial charge in [0.25, 0.3) is 5.91 Å². The first-order valence-corrected chi connectivity index (χ1v) is 6.44. The van der Waals surface area contributed by atoms with Gasteiger partial charge in [-0.25, -0.2) is 4.79 Å². The fraction of sp³-hybridized carbons (Fsp3) is 0.385. The maximum Gasteiger partial charge on any atom is 0.328 e. The van der Waals surface area contributed by atoms with Gasteiger partial charge in [-0.2, -0.15) is 0 Å². The van der Waals surface area contributed by atoms with Crippen LogP contribution in [0, 0.1) is 0 Å². The van der Waals surface area contributed by atoms with Crippen LogP contribution in [-0.4, -0.2) is 54.3 Å². The molecule has 0 spiro atoms. The molecule has 1 heterocycles. The number of carboxylic acid groups (broad SMARTS) is 1. The lowest BCUT2D eigenvalue weighted by Crippen LogP contribution is -2.53. The molecule has 1 atom stereocenters. The molecule has 1 unspecified atom stereocenters. The largest absolute Gasteiger partial charge is 0.484 e. The van der Waals surface area contributed by atoms with Gasteiger partial charge in [-0.05, 0) is 18.2 Å². The van der Waals surface area contributed by atoms with Crippen LogP contribution in [0.4, 0.5) is 0 Å². The monoisotopic (exact) mass is 299 g/mol. The highest BCUT2D eigenvalue weighted by Gasteiger charge is 2.32. The number of carboxylic acids is 1. The van der Waals surface area contributed by atoms with Crippen LogP contribution < -0.4 is 4.74 Å². The lowest BCUT2D eigenvalue weighted by molar-refractivity contribution is -0.159. The molecule has 108 valence electrons. The van der Waals surface area contributed by atoms with E-state index in [1.807, 2.05) is 0 Å². The van der Waals surface area contributed by atoms with Crippen molar-refractivity contribution in [1.82, 2.24) is 4.90 Å². The Morgan fingerprint density at radius 2 is 2.30 bits per heavy atom. The van der Waals surface area contributed by atoms with Crippen LogP contribution in [0.3, 0.4) is 0 Å². The van der Waals surface area contributed by atoms with E-state index in [0.717, 1.165) is 0 Å². The number of carbonyl (C=O) groups is 2. The maximum atomic E-state index is 12.0. The number of hydrogen-bond acceptors (Lipinski definition) is 4. The van der Waals surface area contributed by atoms with E-state index in [9.17, 15) is 9.59 Å². The van der Waals surface area contributed by atoms with Gasteiger partial charge in [-0.3, -0.25) is 4.79 Å². The third-order valence-corrected chi connectivity index (χ3v) is 3.13.